The van der Waals surface area contributed by atoms with Crippen molar-refractivity contribution < 1.29 is 8.42 Å². The standard InChI is InChI=1S/C17H16N4O2S/c22-24(23,21-10-8-14-5-4-9-18-11-14)16-12-19-17(20-13-16)15-6-2-1-3-7-15/h1-7,9,11-13,21H,8,10H2. The Labute approximate surface area is 140 Å². The van der Waals surface area contributed by atoms with Gasteiger partial charge in [0.1, 0.15) is 4.90 Å². The molecule has 1 aromatic carbocycles. The van der Waals surface area contributed by atoms with E-state index in [4.69, 9.17) is 0 Å². The molecule has 0 atom stereocenters. The van der Waals surface area contributed by atoms with E-state index in [-0.39, 0.29) is 11.4 Å². The molecule has 0 unspecified atom stereocenters. The van der Waals surface area contributed by atoms with Gasteiger partial charge in [0.05, 0.1) is 12.4 Å². The van der Waals surface area contributed by atoms with Crippen LogP contribution in [0, 0.1) is 0 Å². The molecule has 3 aromatic rings. The van der Waals surface area contributed by atoms with E-state index in [2.05, 4.69) is 19.7 Å². The van der Waals surface area contributed by atoms with Gasteiger partial charge in [0.2, 0.25) is 10.0 Å². The van der Waals surface area contributed by atoms with Gasteiger partial charge < -0.3 is 0 Å². The van der Waals surface area contributed by atoms with E-state index in [9.17, 15) is 8.42 Å². The Morgan fingerprint density at radius 2 is 1.67 bits per heavy atom. The molecular weight excluding hydrogens is 324 g/mol. The van der Waals surface area contributed by atoms with E-state index in [1.54, 1.807) is 12.4 Å². The summed E-state index contributed by atoms with van der Waals surface area (Å²) in [5, 5.41) is 0. The summed E-state index contributed by atoms with van der Waals surface area (Å²) in [6, 6.07) is 13.1. The zero-order chi connectivity index (χ0) is 16.8. The maximum absolute atomic E-state index is 12.3. The summed E-state index contributed by atoms with van der Waals surface area (Å²) in [6.07, 6.45) is 6.60. The molecule has 0 amide bonds. The fraction of sp³-hybridized carbons (Fsp3) is 0.118. The van der Waals surface area contributed by atoms with Gasteiger partial charge in [-0.3, -0.25) is 4.98 Å². The van der Waals surface area contributed by atoms with Crippen LogP contribution in [0.3, 0.4) is 0 Å². The van der Waals surface area contributed by atoms with Crippen molar-refractivity contribution in [2.45, 2.75) is 11.3 Å². The first-order valence-electron chi connectivity index (χ1n) is 7.41. The maximum atomic E-state index is 12.3. The van der Waals surface area contributed by atoms with Crippen LogP contribution in [-0.4, -0.2) is 29.9 Å². The van der Waals surface area contributed by atoms with Crippen molar-refractivity contribution in [3.05, 3.63) is 72.8 Å². The lowest BCUT2D eigenvalue weighted by atomic mass is 10.2. The van der Waals surface area contributed by atoms with Gasteiger partial charge in [-0.15, -0.1) is 0 Å². The molecule has 7 heteroatoms. The molecule has 0 radical (unpaired) electrons. The predicted molar refractivity (Wildman–Crippen MR) is 90.6 cm³/mol. The maximum Gasteiger partial charge on any atom is 0.243 e. The lowest BCUT2D eigenvalue weighted by Gasteiger charge is -2.07. The van der Waals surface area contributed by atoms with E-state index < -0.39 is 10.0 Å². The summed E-state index contributed by atoms with van der Waals surface area (Å²) in [4.78, 5) is 12.3. The molecule has 0 aliphatic heterocycles. The van der Waals surface area contributed by atoms with Gasteiger partial charge in [-0.05, 0) is 18.1 Å². The van der Waals surface area contributed by atoms with Gasteiger partial charge in [-0.2, -0.15) is 0 Å². The number of rotatable bonds is 6. The molecule has 0 saturated carbocycles. The van der Waals surface area contributed by atoms with Crippen molar-refractivity contribution in [3.63, 3.8) is 0 Å². The predicted octanol–water partition coefficient (Wildman–Crippen LogP) is 2.06. The van der Waals surface area contributed by atoms with Gasteiger partial charge in [0, 0.05) is 24.5 Å². The summed E-state index contributed by atoms with van der Waals surface area (Å²) >= 11 is 0. The molecule has 0 bridgehead atoms. The average molecular weight is 340 g/mol. The van der Waals surface area contributed by atoms with E-state index in [1.807, 2.05) is 42.5 Å². The van der Waals surface area contributed by atoms with Gasteiger partial charge in [-0.25, -0.2) is 23.1 Å². The first kappa shape index (κ1) is 16.2. The van der Waals surface area contributed by atoms with Crippen molar-refractivity contribution >= 4 is 10.0 Å². The third kappa shape index (κ3) is 4.01. The Kier molecular flexibility index (Phi) is 4.93. The third-order valence-corrected chi connectivity index (χ3v) is 4.81. The minimum atomic E-state index is -3.62. The lowest BCUT2D eigenvalue weighted by molar-refractivity contribution is 0.580. The molecule has 6 nitrogen and oxygen atoms in total. The summed E-state index contributed by atoms with van der Waals surface area (Å²) in [5.74, 6) is 0.491. The second-order valence-electron chi connectivity index (χ2n) is 5.12. The highest BCUT2D eigenvalue weighted by Crippen LogP contribution is 2.14. The van der Waals surface area contributed by atoms with E-state index in [0.717, 1.165) is 11.1 Å². The molecular formula is C17H16N4O2S. The van der Waals surface area contributed by atoms with Crippen molar-refractivity contribution in [3.8, 4) is 11.4 Å². The Balaban J connectivity index is 1.66. The van der Waals surface area contributed by atoms with Crippen molar-refractivity contribution in [1.29, 1.82) is 0 Å². The van der Waals surface area contributed by atoms with Crippen LogP contribution in [0.15, 0.2) is 72.1 Å². The second kappa shape index (κ2) is 7.29. The minimum Gasteiger partial charge on any atom is -0.264 e. The smallest absolute Gasteiger partial charge is 0.243 e. The largest absolute Gasteiger partial charge is 0.264 e. The van der Waals surface area contributed by atoms with Crippen LogP contribution in [0.25, 0.3) is 11.4 Å². The number of pyridine rings is 1. The molecule has 1 N–H and O–H groups in total. The van der Waals surface area contributed by atoms with Gasteiger partial charge in [-0.1, -0.05) is 36.4 Å². The number of nitrogens with zero attached hydrogens (tertiary/aromatic N) is 3. The highest BCUT2D eigenvalue weighted by molar-refractivity contribution is 7.89. The minimum absolute atomic E-state index is 0.0494. The van der Waals surface area contributed by atoms with E-state index in [1.165, 1.54) is 12.4 Å². The highest BCUT2D eigenvalue weighted by Gasteiger charge is 2.15. The van der Waals surface area contributed by atoms with Crippen molar-refractivity contribution in [2.24, 2.45) is 0 Å². The number of aromatic nitrogens is 3. The number of hydrogen-bond donors (Lipinski definition) is 1. The molecule has 0 saturated heterocycles. The zero-order valence-electron chi connectivity index (χ0n) is 12.8. The first-order valence-corrected chi connectivity index (χ1v) is 8.89. The summed E-state index contributed by atoms with van der Waals surface area (Å²) in [6.45, 7) is 0.286. The van der Waals surface area contributed by atoms with Gasteiger partial charge in [0.25, 0.3) is 0 Å². The summed E-state index contributed by atoms with van der Waals surface area (Å²) in [7, 11) is -3.62. The molecule has 0 aliphatic carbocycles. The molecule has 2 heterocycles. The van der Waals surface area contributed by atoms with Crippen molar-refractivity contribution in [2.75, 3.05) is 6.54 Å². The molecule has 24 heavy (non-hydrogen) atoms. The number of benzene rings is 1. The number of sulfonamides is 1. The van der Waals surface area contributed by atoms with Gasteiger partial charge in [0.15, 0.2) is 5.82 Å². The quantitative estimate of drug-likeness (QED) is 0.742. The first-order chi connectivity index (χ1) is 11.6. The van der Waals surface area contributed by atoms with Crippen LogP contribution < -0.4 is 4.72 Å². The van der Waals surface area contributed by atoms with Crippen LogP contribution in [0.5, 0.6) is 0 Å². The monoisotopic (exact) mass is 340 g/mol. The molecule has 122 valence electrons. The average Bonchev–Trinajstić information content (AvgIpc) is 2.63. The lowest BCUT2D eigenvalue weighted by Crippen LogP contribution is -2.26. The SMILES string of the molecule is O=S(=O)(NCCc1cccnc1)c1cnc(-c2ccccc2)nc1. The Morgan fingerprint density at radius 3 is 2.33 bits per heavy atom. The molecule has 2 aromatic heterocycles. The van der Waals surface area contributed by atoms with Crippen LogP contribution in [-0.2, 0) is 16.4 Å². The van der Waals surface area contributed by atoms with Crippen LogP contribution in [0.4, 0.5) is 0 Å². The Hall–Kier alpha value is -2.64. The van der Waals surface area contributed by atoms with Crippen LogP contribution in [0.2, 0.25) is 0 Å². The fourth-order valence-corrected chi connectivity index (χ4v) is 3.07. The van der Waals surface area contributed by atoms with E-state index in [0.29, 0.717) is 12.2 Å². The molecule has 0 spiro atoms. The topological polar surface area (TPSA) is 84.8 Å². The highest BCUT2D eigenvalue weighted by atomic mass is 32.2. The second-order valence-corrected chi connectivity index (χ2v) is 6.88. The molecule has 0 aliphatic rings. The normalized spacial score (nSPS) is 11.3. The Bertz CT molecular complexity index is 883. The number of hydrogen-bond acceptors (Lipinski definition) is 5. The van der Waals surface area contributed by atoms with Crippen LogP contribution in [0.1, 0.15) is 5.56 Å². The van der Waals surface area contributed by atoms with Crippen LogP contribution >= 0.6 is 0 Å². The molecule has 0 fully saturated rings. The van der Waals surface area contributed by atoms with E-state index >= 15 is 0 Å². The summed E-state index contributed by atoms with van der Waals surface area (Å²) in [5.41, 5.74) is 1.81. The van der Waals surface area contributed by atoms with Gasteiger partial charge >= 0.3 is 0 Å². The number of nitrogens with one attached hydrogen (secondary N) is 1. The summed E-state index contributed by atoms with van der Waals surface area (Å²) < 4.78 is 27.1. The van der Waals surface area contributed by atoms with Crippen molar-refractivity contribution in [1.82, 2.24) is 19.7 Å². The third-order valence-electron chi connectivity index (χ3n) is 3.40. The zero-order valence-corrected chi connectivity index (χ0v) is 13.6. The molecule has 3 rings (SSSR count). The Morgan fingerprint density at radius 1 is 0.917 bits per heavy atom. The fourth-order valence-electron chi connectivity index (χ4n) is 2.15.